The van der Waals surface area contributed by atoms with E-state index in [2.05, 4.69) is 20.8 Å². The number of likely N-dealkylation sites (tertiary alicyclic amines) is 1. The number of piperidine rings is 1. The molecule has 0 aromatic carbocycles. The molecule has 0 spiro atoms. The van der Waals surface area contributed by atoms with Crippen molar-refractivity contribution in [1.29, 1.82) is 0 Å². The SMILES string of the molecule is CC1CC(N)CN(C(=O)C2C(C)OC(C)C2C)C1. The average Bonchev–Trinajstić information content (AvgIpc) is 2.51. The highest BCUT2D eigenvalue weighted by molar-refractivity contribution is 5.80. The largest absolute Gasteiger partial charge is 0.374 e. The third-order valence-corrected chi connectivity index (χ3v) is 4.53. The average molecular weight is 254 g/mol. The standard InChI is InChI=1S/C14H26N2O2/c1-8-5-12(15)7-16(6-8)14(17)13-9(2)10(3)18-11(13)4/h8-13H,5-7,15H2,1-4H3. The first kappa shape index (κ1) is 13.8. The van der Waals surface area contributed by atoms with Gasteiger partial charge in [0.15, 0.2) is 0 Å². The van der Waals surface area contributed by atoms with Crippen LogP contribution < -0.4 is 5.73 Å². The molecular formula is C14H26N2O2. The van der Waals surface area contributed by atoms with Crippen molar-refractivity contribution >= 4 is 5.91 Å². The van der Waals surface area contributed by atoms with Crippen LogP contribution in [-0.2, 0) is 9.53 Å². The molecule has 0 aliphatic carbocycles. The van der Waals surface area contributed by atoms with Crippen LogP contribution in [-0.4, -0.2) is 42.1 Å². The highest BCUT2D eigenvalue weighted by atomic mass is 16.5. The van der Waals surface area contributed by atoms with Crippen molar-refractivity contribution in [3.8, 4) is 0 Å². The molecule has 2 aliphatic rings. The van der Waals surface area contributed by atoms with E-state index in [-0.39, 0.29) is 30.1 Å². The molecule has 6 unspecified atom stereocenters. The Morgan fingerprint density at radius 1 is 1.17 bits per heavy atom. The second kappa shape index (κ2) is 5.17. The number of ether oxygens (including phenoxy) is 1. The molecule has 0 bridgehead atoms. The van der Waals surface area contributed by atoms with Crippen LogP contribution in [0.5, 0.6) is 0 Å². The lowest BCUT2D eigenvalue weighted by Gasteiger charge is -2.37. The number of rotatable bonds is 1. The quantitative estimate of drug-likeness (QED) is 0.766. The second-order valence-electron chi connectivity index (χ2n) is 6.28. The molecule has 0 aromatic rings. The van der Waals surface area contributed by atoms with Gasteiger partial charge >= 0.3 is 0 Å². The molecule has 2 N–H and O–H groups in total. The highest BCUT2D eigenvalue weighted by Crippen LogP contribution is 2.34. The number of hydrogen-bond donors (Lipinski definition) is 1. The number of carbonyl (C=O) groups excluding carboxylic acids is 1. The number of hydrogen-bond acceptors (Lipinski definition) is 3. The second-order valence-corrected chi connectivity index (χ2v) is 6.28. The summed E-state index contributed by atoms with van der Waals surface area (Å²) in [6.45, 7) is 9.89. The topological polar surface area (TPSA) is 55.6 Å². The van der Waals surface area contributed by atoms with Crippen LogP contribution in [0.2, 0.25) is 0 Å². The number of carbonyl (C=O) groups is 1. The third-order valence-electron chi connectivity index (χ3n) is 4.53. The van der Waals surface area contributed by atoms with Gasteiger partial charge < -0.3 is 15.4 Å². The predicted molar refractivity (Wildman–Crippen MR) is 71.0 cm³/mol. The van der Waals surface area contributed by atoms with Crippen molar-refractivity contribution in [3.63, 3.8) is 0 Å². The van der Waals surface area contributed by atoms with E-state index in [9.17, 15) is 4.79 Å². The summed E-state index contributed by atoms with van der Waals surface area (Å²) in [5.41, 5.74) is 6.02. The van der Waals surface area contributed by atoms with E-state index in [0.717, 1.165) is 13.0 Å². The van der Waals surface area contributed by atoms with Gasteiger partial charge in [0.05, 0.1) is 18.1 Å². The molecule has 6 atom stereocenters. The summed E-state index contributed by atoms with van der Waals surface area (Å²) < 4.78 is 5.77. The zero-order valence-corrected chi connectivity index (χ0v) is 11.9. The van der Waals surface area contributed by atoms with Gasteiger partial charge in [-0.3, -0.25) is 4.79 Å². The molecule has 0 radical (unpaired) electrons. The minimum Gasteiger partial charge on any atom is -0.374 e. The van der Waals surface area contributed by atoms with Gasteiger partial charge in [0.2, 0.25) is 5.91 Å². The van der Waals surface area contributed by atoms with E-state index in [1.165, 1.54) is 0 Å². The molecular weight excluding hydrogens is 228 g/mol. The van der Waals surface area contributed by atoms with Gasteiger partial charge in [-0.25, -0.2) is 0 Å². The van der Waals surface area contributed by atoms with E-state index in [1.54, 1.807) is 0 Å². The van der Waals surface area contributed by atoms with Crippen molar-refractivity contribution in [1.82, 2.24) is 4.90 Å². The molecule has 0 saturated carbocycles. The van der Waals surface area contributed by atoms with Crippen molar-refractivity contribution < 1.29 is 9.53 Å². The van der Waals surface area contributed by atoms with Gasteiger partial charge in [-0.05, 0) is 32.1 Å². The summed E-state index contributed by atoms with van der Waals surface area (Å²) in [5.74, 6) is 1.03. The number of nitrogens with zero attached hydrogens (tertiary/aromatic N) is 1. The lowest BCUT2D eigenvalue weighted by atomic mass is 9.87. The fourth-order valence-corrected chi connectivity index (χ4v) is 3.48. The van der Waals surface area contributed by atoms with Gasteiger partial charge in [-0.15, -0.1) is 0 Å². The fourth-order valence-electron chi connectivity index (χ4n) is 3.48. The minimum atomic E-state index is -0.00231. The van der Waals surface area contributed by atoms with Crippen LogP contribution in [0.3, 0.4) is 0 Å². The van der Waals surface area contributed by atoms with Crippen molar-refractivity contribution in [2.75, 3.05) is 13.1 Å². The van der Waals surface area contributed by atoms with Gasteiger partial charge in [-0.1, -0.05) is 13.8 Å². The third kappa shape index (κ3) is 2.54. The Morgan fingerprint density at radius 2 is 1.83 bits per heavy atom. The summed E-state index contributed by atoms with van der Waals surface area (Å²) in [4.78, 5) is 14.6. The molecule has 104 valence electrons. The fraction of sp³-hybridized carbons (Fsp3) is 0.929. The zero-order valence-electron chi connectivity index (χ0n) is 11.9. The number of nitrogens with two attached hydrogens (primary N) is 1. The van der Waals surface area contributed by atoms with Crippen LogP contribution in [0.4, 0.5) is 0 Å². The summed E-state index contributed by atoms with van der Waals surface area (Å²) in [6, 6.07) is 0.128. The van der Waals surface area contributed by atoms with Crippen molar-refractivity contribution in [2.45, 2.75) is 52.4 Å². The predicted octanol–water partition coefficient (Wildman–Crippen LogP) is 1.24. The lowest BCUT2D eigenvalue weighted by molar-refractivity contribution is -0.140. The van der Waals surface area contributed by atoms with Crippen LogP contribution in [0.25, 0.3) is 0 Å². The lowest BCUT2D eigenvalue weighted by Crippen LogP contribution is -2.52. The summed E-state index contributed by atoms with van der Waals surface area (Å²) in [7, 11) is 0. The number of amides is 1. The normalized spacial score (nSPS) is 45.3. The summed E-state index contributed by atoms with van der Waals surface area (Å²) >= 11 is 0. The first-order chi connectivity index (χ1) is 8.40. The molecule has 2 saturated heterocycles. The molecule has 2 rings (SSSR count). The monoisotopic (exact) mass is 254 g/mol. The van der Waals surface area contributed by atoms with Gasteiger partial charge in [0, 0.05) is 19.1 Å². The smallest absolute Gasteiger partial charge is 0.228 e. The molecule has 18 heavy (non-hydrogen) atoms. The Bertz CT molecular complexity index is 311. The summed E-state index contributed by atoms with van der Waals surface area (Å²) in [6.07, 6.45) is 1.22. The molecule has 1 amide bonds. The van der Waals surface area contributed by atoms with Crippen LogP contribution in [0.15, 0.2) is 0 Å². The van der Waals surface area contributed by atoms with E-state index < -0.39 is 0 Å². The Hall–Kier alpha value is -0.610. The van der Waals surface area contributed by atoms with Gasteiger partial charge in [-0.2, -0.15) is 0 Å². The first-order valence-corrected chi connectivity index (χ1v) is 7.10. The highest BCUT2D eigenvalue weighted by Gasteiger charge is 2.44. The van der Waals surface area contributed by atoms with Crippen LogP contribution in [0, 0.1) is 17.8 Å². The molecule has 2 fully saturated rings. The molecule has 0 aromatic heterocycles. The Kier molecular flexibility index (Phi) is 3.97. The van der Waals surface area contributed by atoms with E-state index in [0.29, 0.717) is 18.4 Å². The van der Waals surface area contributed by atoms with Crippen molar-refractivity contribution in [3.05, 3.63) is 0 Å². The molecule has 4 nitrogen and oxygen atoms in total. The molecule has 2 aliphatic heterocycles. The van der Waals surface area contributed by atoms with E-state index >= 15 is 0 Å². The maximum atomic E-state index is 12.6. The van der Waals surface area contributed by atoms with E-state index in [1.807, 2.05) is 11.8 Å². The summed E-state index contributed by atoms with van der Waals surface area (Å²) in [5, 5.41) is 0. The van der Waals surface area contributed by atoms with Gasteiger partial charge in [0.25, 0.3) is 0 Å². The van der Waals surface area contributed by atoms with Crippen molar-refractivity contribution in [2.24, 2.45) is 23.5 Å². The Labute approximate surface area is 110 Å². The Morgan fingerprint density at radius 3 is 2.33 bits per heavy atom. The maximum Gasteiger partial charge on any atom is 0.228 e. The minimum absolute atomic E-state index is 0.00231. The van der Waals surface area contributed by atoms with Crippen LogP contribution >= 0.6 is 0 Å². The maximum absolute atomic E-state index is 12.6. The van der Waals surface area contributed by atoms with Crippen LogP contribution in [0.1, 0.15) is 34.1 Å². The molecule has 2 heterocycles. The van der Waals surface area contributed by atoms with E-state index in [4.69, 9.17) is 10.5 Å². The zero-order chi connectivity index (χ0) is 13.4. The Balaban J connectivity index is 2.06. The molecule has 4 heteroatoms. The van der Waals surface area contributed by atoms with Gasteiger partial charge in [0.1, 0.15) is 0 Å². The first-order valence-electron chi connectivity index (χ1n) is 7.10.